The number of hydrogen-bond acceptors (Lipinski definition) is 0. The van der Waals surface area contributed by atoms with E-state index in [4.69, 9.17) is 0 Å². The third-order valence-electron chi connectivity index (χ3n) is 4.57. The zero-order valence-electron chi connectivity index (χ0n) is 17.8. The van der Waals surface area contributed by atoms with Gasteiger partial charge in [-0.15, -0.1) is 13.2 Å². The highest BCUT2D eigenvalue weighted by molar-refractivity contribution is 5.04. The van der Waals surface area contributed by atoms with Gasteiger partial charge in [0.1, 0.15) is 0 Å². The van der Waals surface area contributed by atoms with Crippen molar-refractivity contribution < 1.29 is 0 Å². The van der Waals surface area contributed by atoms with Crippen LogP contribution in [-0.4, -0.2) is 0 Å². The minimum absolute atomic E-state index is 1.12. The first kappa shape index (κ1) is 25.4. The lowest BCUT2D eigenvalue weighted by molar-refractivity contribution is 0.584. The molecule has 0 aliphatic heterocycles. The second kappa shape index (κ2) is 24.4. The maximum absolute atomic E-state index is 3.77. The van der Waals surface area contributed by atoms with Crippen LogP contribution in [0.25, 0.3) is 0 Å². The maximum Gasteiger partial charge on any atom is -0.0345 e. The summed E-state index contributed by atoms with van der Waals surface area (Å²) in [5, 5.41) is 0. The summed E-state index contributed by atoms with van der Waals surface area (Å²) in [7, 11) is 0. The number of rotatable bonds is 20. The van der Waals surface area contributed by atoms with Crippen molar-refractivity contribution in [2.75, 3.05) is 0 Å². The van der Waals surface area contributed by atoms with Gasteiger partial charge in [-0.1, -0.05) is 92.9 Å². The van der Waals surface area contributed by atoms with Gasteiger partial charge in [0.2, 0.25) is 0 Å². The summed E-state index contributed by atoms with van der Waals surface area (Å²) in [4.78, 5) is 0. The molecule has 0 heterocycles. The summed E-state index contributed by atoms with van der Waals surface area (Å²) >= 11 is 0. The number of allylic oxidation sites excluding steroid dienone is 10. The van der Waals surface area contributed by atoms with Crippen LogP contribution in [0.5, 0.6) is 0 Å². The molecule has 152 valence electrons. The SMILES string of the molecule is C=CCCCC=CC=CCCCC=CC=CCCCCCCCCCC=C. The quantitative estimate of drug-likeness (QED) is 0.114. The number of unbranched alkanes of at least 4 members (excludes halogenated alkanes) is 12. The Kier molecular flexibility index (Phi) is 23.0. The highest BCUT2D eigenvalue weighted by atomic mass is 14.0. The van der Waals surface area contributed by atoms with Gasteiger partial charge in [-0.25, -0.2) is 0 Å². The van der Waals surface area contributed by atoms with Crippen LogP contribution < -0.4 is 0 Å². The second-order valence-electron chi connectivity index (χ2n) is 7.20. The molecule has 0 radical (unpaired) electrons. The molecular weight excluding hydrogens is 324 g/mol. The first-order valence-electron chi connectivity index (χ1n) is 11.3. The molecule has 0 nitrogen and oxygen atoms in total. The van der Waals surface area contributed by atoms with Gasteiger partial charge in [0.25, 0.3) is 0 Å². The summed E-state index contributed by atoms with van der Waals surface area (Å²) < 4.78 is 0. The Hall–Kier alpha value is -1.56. The Morgan fingerprint density at radius 2 is 0.630 bits per heavy atom. The van der Waals surface area contributed by atoms with Gasteiger partial charge in [-0.2, -0.15) is 0 Å². The first-order chi connectivity index (χ1) is 13.4. The van der Waals surface area contributed by atoms with Crippen LogP contribution in [0, 0.1) is 0 Å². The average Bonchev–Trinajstić information content (AvgIpc) is 2.68. The van der Waals surface area contributed by atoms with E-state index in [1.165, 1.54) is 83.5 Å². The van der Waals surface area contributed by atoms with Crippen molar-refractivity contribution in [3.8, 4) is 0 Å². The maximum atomic E-state index is 3.77. The summed E-state index contributed by atoms with van der Waals surface area (Å²) in [6, 6.07) is 0. The molecule has 0 bridgehead atoms. The fraction of sp³-hybridized carbons (Fsp3) is 0.556. The third kappa shape index (κ3) is 24.4. The molecule has 0 amide bonds. The molecule has 0 rings (SSSR count). The molecule has 0 aromatic rings. The van der Waals surface area contributed by atoms with Crippen molar-refractivity contribution in [3.05, 3.63) is 73.9 Å². The predicted octanol–water partition coefficient (Wildman–Crippen LogP) is 9.43. The van der Waals surface area contributed by atoms with Gasteiger partial charge < -0.3 is 0 Å². The summed E-state index contributed by atoms with van der Waals surface area (Å²) in [5.74, 6) is 0. The third-order valence-corrected chi connectivity index (χ3v) is 4.57. The molecule has 0 aromatic heterocycles. The highest BCUT2D eigenvalue weighted by Gasteiger charge is 1.90. The zero-order valence-corrected chi connectivity index (χ0v) is 17.8. The van der Waals surface area contributed by atoms with Gasteiger partial charge in [0.15, 0.2) is 0 Å². The molecule has 0 saturated carbocycles. The van der Waals surface area contributed by atoms with E-state index in [1.54, 1.807) is 0 Å². The van der Waals surface area contributed by atoms with Crippen molar-refractivity contribution in [2.24, 2.45) is 0 Å². The highest BCUT2D eigenvalue weighted by Crippen LogP contribution is 2.10. The minimum atomic E-state index is 1.12. The van der Waals surface area contributed by atoms with E-state index in [-0.39, 0.29) is 0 Å². The summed E-state index contributed by atoms with van der Waals surface area (Å²) in [6.45, 7) is 7.51. The summed E-state index contributed by atoms with van der Waals surface area (Å²) in [5.41, 5.74) is 0. The van der Waals surface area contributed by atoms with Crippen LogP contribution in [-0.2, 0) is 0 Å². The lowest BCUT2D eigenvalue weighted by Crippen LogP contribution is -1.80. The Morgan fingerprint density at radius 3 is 1.07 bits per heavy atom. The Balaban J connectivity index is 3.31. The lowest BCUT2D eigenvalue weighted by Gasteiger charge is -1.99. The van der Waals surface area contributed by atoms with E-state index in [0.29, 0.717) is 0 Å². The fourth-order valence-electron chi connectivity index (χ4n) is 2.87. The molecule has 0 fully saturated rings. The molecule has 0 N–H and O–H groups in total. The van der Waals surface area contributed by atoms with Crippen LogP contribution in [0.2, 0.25) is 0 Å². The number of hydrogen-bond donors (Lipinski definition) is 0. The molecule has 27 heavy (non-hydrogen) atoms. The van der Waals surface area contributed by atoms with Crippen molar-refractivity contribution >= 4 is 0 Å². The molecule has 0 atom stereocenters. The minimum Gasteiger partial charge on any atom is -0.103 e. The Labute approximate surface area is 170 Å². The molecule has 0 aliphatic carbocycles. The van der Waals surface area contributed by atoms with Gasteiger partial charge in [0, 0.05) is 0 Å². The molecule has 0 unspecified atom stereocenters. The molecule has 0 aliphatic rings. The van der Waals surface area contributed by atoms with E-state index in [2.05, 4.69) is 61.8 Å². The Bertz CT molecular complexity index is 419. The largest absolute Gasteiger partial charge is 0.103 e. The van der Waals surface area contributed by atoms with Crippen LogP contribution in [0.15, 0.2) is 73.9 Å². The molecule has 0 heteroatoms. The molecular formula is C27H44. The van der Waals surface area contributed by atoms with Crippen LogP contribution in [0.3, 0.4) is 0 Å². The van der Waals surface area contributed by atoms with Crippen LogP contribution in [0.4, 0.5) is 0 Å². The lowest BCUT2D eigenvalue weighted by atomic mass is 10.1. The fourth-order valence-corrected chi connectivity index (χ4v) is 2.87. The van der Waals surface area contributed by atoms with E-state index < -0.39 is 0 Å². The van der Waals surface area contributed by atoms with Crippen molar-refractivity contribution in [1.29, 1.82) is 0 Å². The van der Waals surface area contributed by atoms with Gasteiger partial charge in [-0.3, -0.25) is 0 Å². The van der Waals surface area contributed by atoms with Gasteiger partial charge in [-0.05, 0) is 64.2 Å². The smallest absolute Gasteiger partial charge is 0.0345 e. The normalized spacial score (nSPS) is 12.1. The van der Waals surface area contributed by atoms with Gasteiger partial charge in [0.05, 0.1) is 0 Å². The predicted molar refractivity (Wildman–Crippen MR) is 126 cm³/mol. The van der Waals surface area contributed by atoms with Gasteiger partial charge >= 0.3 is 0 Å². The van der Waals surface area contributed by atoms with Crippen LogP contribution >= 0.6 is 0 Å². The average molecular weight is 369 g/mol. The topological polar surface area (TPSA) is 0 Å². The zero-order chi connectivity index (χ0) is 19.7. The standard InChI is InChI=1S/C27H44/c1-3-5-7-9-11-13-15-17-19-21-23-25-27-26-24-22-20-18-16-14-12-10-8-6-4-2/h3-4,11,13,15,17,24-27H,1-2,5-10,12,14,16,18-23H2. The van der Waals surface area contributed by atoms with Crippen LogP contribution in [0.1, 0.15) is 96.3 Å². The van der Waals surface area contributed by atoms with E-state index in [0.717, 1.165) is 12.8 Å². The van der Waals surface area contributed by atoms with Crippen molar-refractivity contribution in [3.63, 3.8) is 0 Å². The molecule has 0 aromatic carbocycles. The second-order valence-corrected chi connectivity index (χ2v) is 7.20. The van der Waals surface area contributed by atoms with E-state index in [9.17, 15) is 0 Å². The molecule has 0 spiro atoms. The van der Waals surface area contributed by atoms with E-state index in [1.807, 2.05) is 12.2 Å². The monoisotopic (exact) mass is 368 g/mol. The summed E-state index contributed by atoms with van der Waals surface area (Å²) in [6.07, 6.45) is 41.0. The van der Waals surface area contributed by atoms with Crippen molar-refractivity contribution in [2.45, 2.75) is 96.3 Å². The van der Waals surface area contributed by atoms with E-state index >= 15 is 0 Å². The Morgan fingerprint density at radius 1 is 0.333 bits per heavy atom. The molecule has 0 saturated heterocycles. The first-order valence-corrected chi connectivity index (χ1v) is 11.3. The van der Waals surface area contributed by atoms with Crippen molar-refractivity contribution in [1.82, 2.24) is 0 Å².